The number of imidazole rings is 2. The van der Waals surface area contributed by atoms with Crippen molar-refractivity contribution in [1.29, 1.82) is 0 Å². The van der Waals surface area contributed by atoms with E-state index < -0.39 is 0 Å². The van der Waals surface area contributed by atoms with Crippen molar-refractivity contribution >= 4 is 0 Å². The predicted molar refractivity (Wildman–Crippen MR) is 97.7 cm³/mol. The van der Waals surface area contributed by atoms with E-state index in [9.17, 15) is 0 Å². The Kier molecular flexibility index (Phi) is 5.89. The molecule has 0 saturated heterocycles. The Balaban J connectivity index is 1.63. The van der Waals surface area contributed by atoms with Crippen LogP contribution in [0.5, 0.6) is 0 Å². The van der Waals surface area contributed by atoms with Crippen molar-refractivity contribution in [1.82, 2.24) is 9.13 Å². The van der Waals surface area contributed by atoms with Crippen LogP contribution in [0.15, 0.2) is 37.4 Å². The van der Waals surface area contributed by atoms with Gasteiger partial charge < -0.3 is 0 Å². The number of hydrogen-bond donors (Lipinski definition) is 0. The highest BCUT2D eigenvalue weighted by molar-refractivity contribution is 4.79. The molecule has 0 radical (unpaired) electrons. The van der Waals surface area contributed by atoms with Crippen LogP contribution in [-0.2, 0) is 24.2 Å². The molecule has 0 N–H and O–H groups in total. The fourth-order valence-electron chi connectivity index (χ4n) is 2.79. The molecule has 0 fully saturated rings. The van der Waals surface area contributed by atoms with Crippen molar-refractivity contribution in [3.8, 4) is 0 Å². The molecule has 2 aromatic rings. The quantitative estimate of drug-likeness (QED) is 0.544. The van der Waals surface area contributed by atoms with Crippen molar-refractivity contribution < 1.29 is 9.13 Å². The molecule has 134 valence electrons. The lowest BCUT2D eigenvalue weighted by Crippen LogP contribution is -2.33. The summed E-state index contributed by atoms with van der Waals surface area (Å²) in [5.41, 5.74) is 0.345. The second kappa shape index (κ2) is 7.54. The van der Waals surface area contributed by atoms with E-state index in [0.29, 0.717) is 0 Å². The minimum atomic E-state index is 0.173. The largest absolute Gasteiger partial charge is 0.244 e. The van der Waals surface area contributed by atoms with Crippen LogP contribution in [0.3, 0.4) is 0 Å². The van der Waals surface area contributed by atoms with Crippen LogP contribution in [-0.4, -0.2) is 9.13 Å². The zero-order chi connectivity index (χ0) is 17.8. The van der Waals surface area contributed by atoms with Crippen LogP contribution in [0.1, 0.15) is 67.2 Å². The Morgan fingerprint density at radius 2 is 1.00 bits per heavy atom. The third-order valence-electron chi connectivity index (χ3n) is 4.51. The van der Waals surface area contributed by atoms with Gasteiger partial charge >= 0.3 is 0 Å². The number of aromatic nitrogens is 4. The van der Waals surface area contributed by atoms with Crippen LogP contribution >= 0.6 is 0 Å². The maximum absolute atomic E-state index is 2.31. The first kappa shape index (κ1) is 18.8. The van der Waals surface area contributed by atoms with Crippen LogP contribution in [0.2, 0.25) is 0 Å². The Bertz CT molecular complexity index is 566. The summed E-state index contributed by atoms with van der Waals surface area (Å²) in [4.78, 5) is 0. The van der Waals surface area contributed by atoms with Gasteiger partial charge in [0.1, 0.15) is 35.9 Å². The maximum atomic E-state index is 2.31. The Hall–Kier alpha value is -1.58. The summed E-state index contributed by atoms with van der Waals surface area (Å²) in [6, 6.07) is 0. The molecular weight excluding hydrogens is 296 g/mol. The molecule has 0 aliphatic rings. The molecule has 0 unspecified atom stereocenters. The van der Waals surface area contributed by atoms with Crippen molar-refractivity contribution in [2.75, 3.05) is 0 Å². The molecule has 0 aromatic carbocycles. The number of aryl methyl sites for hydroxylation is 2. The Morgan fingerprint density at radius 3 is 1.29 bits per heavy atom. The van der Waals surface area contributed by atoms with E-state index >= 15 is 0 Å². The number of rotatable bonds is 7. The van der Waals surface area contributed by atoms with E-state index in [1.807, 2.05) is 0 Å². The van der Waals surface area contributed by atoms with E-state index in [0.717, 1.165) is 13.1 Å². The zero-order valence-electron chi connectivity index (χ0n) is 16.5. The average molecular weight is 333 g/mol. The van der Waals surface area contributed by atoms with Crippen LogP contribution in [0, 0.1) is 0 Å². The van der Waals surface area contributed by atoms with Crippen molar-refractivity contribution in [2.45, 2.75) is 91.4 Å². The molecule has 0 bridgehead atoms. The molecule has 2 heterocycles. The summed E-state index contributed by atoms with van der Waals surface area (Å²) in [6.45, 7) is 15.7. The Morgan fingerprint density at radius 1 is 0.625 bits per heavy atom. The summed E-state index contributed by atoms with van der Waals surface area (Å²) in [7, 11) is 0. The second-order valence-corrected chi connectivity index (χ2v) is 8.87. The molecule has 0 saturated carbocycles. The standard InChI is InChI=1S/C20H36N4/c1-19(2,3)23-15-13-21(17-23)11-9-7-8-10-12-22-14-16-24(18-22)20(4,5)6/h13-18H,7-12H2,1-6H3/q+2. The molecule has 24 heavy (non-hydrogen) atoms. The van der Waals surface area contributed by atoms with E-state index in [1.54, 1.807) is 0 Å². The topological polar surface area (TPSA) is 17.6 Å². The van der Waals surface area contributed by atoms with Crippen LogP contribution < -0.4 is 9.13 Å². The minimum Gasteiger partial charge on any atom is -0.237 e. The highest BCUT2D eigenvalue weighted by Crippen LogP contribution is 2.12. The first-order chi connectivity index (χ1) is 11.2. The van der Waals surface area contributed by atoms with Gasteiger partial charge in [0, 0.05) is 0 Å². The van der Waals surface area contributed by atoms with E-state index in [1.165, 1.54) is 25.7 Å². The lowest BCUT2D eigenvalue weighted by Gasteiger charge is -2.13. The smallest absolute Gasteiger partial charge is 0.237 e. The molecule has 4 nitrogen and oxygen atoms in total. The third kappa shape index (κ3) is 5.50. The van der Waals surface area contributed by atoms with Crippen molar-refractivity contribution in [2.24, 2.45) is 0 Å². The van der Waals surface area contributed by atoms with Gasteiger partial charge in [0.2, 0.25) is 12.7 Å². The number of hydrogen-bond acceptors (Lipinski definition) is 0. The fourth-order valence-corrected chi connectivity index (χ4v) is 2.79. The van der Waals surface area contributed by atoms with Gasteiger partial charge in [-0.2, -0.15) is 0 Å². The highest BCUT2D eigenvalue weighted by Gasteiger charge is 2.19. The monoisotopic (exact) mass is 332 g/mol. The third-order valence-corrected chi connectivity index (χ3v) is 4.51. The molecule has 0 amide bonds. The van der Waals surface area contributed by atoms with Gasteiger partial charge in [-0.3, -0.25) is 0 Å². The van der Waals surface area contributed by atoms with Gasteiger partial charge in [0.05, 0.1) is 13.1 Å². The first-order valence-electron chi connectivity index (χ1n) is 9.31. The van der Waals surface area contributed by atoms with E-state index in [2.05, 4.69) is 97.3 Å². The van der Waals surface area contributed by atoms with Gasteiger partial charge in [-0.25, -0.2) is 18.3 Å². The predicted octanol–water partition coefficient (Wildman–Crippen LogP) is 3.64. The SMILES string of the molecule is CC(C)(C)n1cc[n+](CCCCCC[n+]2ccn(C(C)(C)C)c2)c1. The second-order valence-electron chi connectivity index (χ2n) is 8.87. The summed E-state index contributed by atoms with van der Waals surface area (Å²) in [5, 5.41) is 0. The fraction of sp³-hybridized carbons (Fsp3) is 0.700. The van der Waals surface area contributed by atoms with Crippen molar-refractivity contribution in [3.05, 3.63) is 37.4 Å². The molecule has 0 spiro atoms. The van der Waals surface area contributed by atoms with Crippen LogP contribution in [0.25, 0.3) is 0 Å². The molecule has 0 aliphatic carbocycles. The molecule has 2 aromatic heterocycles. The normalized spacial score (nSPS) is 12.8. The Labute approximate surface area is 147 Å². The summed E-state index contributed by atoms with van der Waals surface area (Å²) in [6.07, 6.45) is 18.3. The van der Waals surface area contributed by atoms with Gasteiger partial charge in [-0.05, 0) is 67.2 Å². The van der Waals surface area contributed by atoms with Gasteiger partial charge in [-0.15, -0.1) is 0 Å². The minimum absolute atomic E-state index is 0.173. The van der Waals surface area contributed by atoms with Crippen molar-refractivity contribution in [3.63, 3.8) is 0 Å². The summed E-state index contributed by atoms with van der Waals surface area (Å²) < 4.78 is 9.18. The first-order valence-corrected chi connectivity index (χ1v) is 9.31. The molecule has 4 heteroatoms. The number of unbranched alkanes of at least 4 members (excludes halogenated alkanes) is 3. The zero-order valence-corrected chi connectivity index (χ0v) is 16.5. The summed E-state index contributed by atoms with van der Waals surface area (Å²) in [5.74, 6) is 0. The van der Waals surface area contributed by atoms with Gasteiger partial charge in [-0.1, -0.05) is 0 Å². The van der Waals surface area contributed by atoms with Gasteiger partial charge in [0.15, 0.2) is 0 Å². The maximum Gasteiger partial charge on any atom is 0.244 e. The molecule has 0 atom stereocenters. The summed E-state index contributed by atoms with van der Waals surface area (Å²) >= 11 is 0. The average Bonchev–Trinajstić information content (AvgIpc) is 3.10. The lowest BCUT2D eigenvalue weighted by molar-refractivity contribution is -0.698. The molecule has 2 rings (SSSR count). The van der Waals surface area contributed by atoms with E-state index in [4.69, 9.17) is 0 Å². The molecule has 0 aliphatic heterocycles. The number of nitrogens with zero attached hydrogens (tertiary/aromatic N) is 4. The van der Waals surface area contributed by atoms with Gasteiger partial charge in [0.25, 0.3) is 0 Å². The van der Waals surface area contributed by atoms with Crippen LogP contribution in [0.4, 0.5) is 0 Å². The van der Waals surface area contributed by atoms with E-state index in [-0.39, 0.29) is 11.1 Å². The molecular formula is C20H36N4+2. The lowest BCUT2D eigenvalue weighted by atomic mass is 10.1. The highest BCUT2D eigenvalue weighted by atomic mass is 15.2.